The molecule has 0 fully saturated rings. The predicted octanol–water partition coefficient (Wildman–Crippen LogP) is 1.32. The van der Waals surface area contributed by atoms with Crippen molar-refractivity contribution in [2.24, 2.45) is 11.8 Å². The topological polar surface area (TPSA) is 127 Å². The molecule has 0 aliphatic heterocycles. The van der Waals surface area contributed by atoms with Gasteiger partial charge in [0.25, 0.3) is 0 Å². The summed E-state index contributed by atoms with van der Waals surface area (Å²) in [5.74, 6) is -4.36. The lowest BCUT2D eigenvalue weighted by atomic mass is 9.84. The maximum atomic E-state index is 12.1. The van der Waals surface area contributed by atoms with Crippen LogP contribution in [0.5, 0.6) is 11.5 Å². The van der Waals surface area contributed by atoms with Crippen LogP contribution in [0, 0.1) is 11.8 Å². The zero-order valence-electron chi connectivity index (χ0n) is 15.1. The summed E-state index contributed by atoms with van der Waals surface area (Å²) in [4.78, 5) is 46.4. The predicted molar refractivity (Wildman–Crippen MR) is 93.9 cm³/mol. The first-order valence-corrected chi connectivity index (χ1v) is 8.18. The second-order valence-corrected chi connectivity index (χ2v) is 5.70. The van der Waals surface area contributed by atoms with Crippen LogP contribution in [-0.2, 0) is 35.1 Å². The van der Waals surface area contributed by atoms with Crippen LogP contribution >= 0.6 is 0 Å². The van der Waals surface area contributed by atoms with Crippen LogP contribution in [0.25, 0.3) is 0 Å². The average Bonchev–Trinajstić information content (AvgIpc) is 2.65. The van der Waals surface area contributed by atoms with Gasteiger partial charge in [-0.2, -0.15) is 0 Å². The minimum absolute atomic E-state index is 0.0218. The minimum Gasteiger partial charge on any atom is -0.504 e. The molecule has 1 aromatic rings. The maximum absolute atomic E-state index is 12.1. The molecule has 0 spiro atoms. The fourth-order valence-electron chi connectivity index (χ4n) is 2.52. The molecule has 0 aromatic heterocycles. The lowest BCUT2D eigenvalue weighted by molar-refractivity contribution is -0.150. The molecule has 0 aliphatic rings. The van der Waals surface area contributed by atoms with E-state index in [2.05, 4.69) is 4.74 Å². The van der Waals surface area contributed by atoms with Gasteiger partial charge in [0.1, 0.15) is 18.5 Å². The van der Waals surface area contributed by atoms with Crippen LogP contribution < -0.4 is 0 Å². The van der Waals surface area contributed by atoms with Crippen molar-refractivity contribution in [1.82, 2.24) is 0 Å². The normalized spacial score (nSPS) is 13.3. The summed E-state index contributed by atoms with van der Waals surface area (Å²) < 4.78 is 9.65. The quantitative estimate of drug-likeness (QED) is 0.205. The fourth-order valence-corrected chi connectivity index (χ4v) is 2.52. The Kier molecular flexibility index (Phi) is 8.71. The number of ether oxygens (including phenoxy) is 2. The minimum atomic E-state index is -1.30. The van der Waals surface area contributed by atoms with Gasteiger partial charge in [0.05, 0.1) is 20.1 Å². The Labute approximate surface area is 156 Å². The second kappa shape index (κ2) is 10.7. The first-order chi connectivity index (χ1) is 12.9. The van der Waals surface area contributed by atoms with Gasteiger partial charge in [-0.3, -0.25) is 14.4 Å². The number of carbonyl (C=O) groups is 4. The van der Waals surface area contributed by atoms with Crippen molar-refractivity contribution in [1.29, 1.82) is 0 Å². The number of methoxy groups -OCH3 is 1. The Balaban J connectivity index is 2.75. The number of esters is 2. The number of rotatable bonds is 10. The molecule has 27 heavy (non-hydrogen) atoms. The number of aromatic hydroxyl groups is 2. The van der Waals surface area contributed by atoms with Gasteiger partial charge in [-0.25, -0.2) is 0 Å². The lowest BCUT2D eigenvalue weighted by Gasteiger charge is -2.20. The van der Waals surface area contributed by atoms with Crippen LogP contribution in [0.4, 0.5) is 0 Å². The average molecular weight is 378 g/mol. The Hall–Kier alpha value is -3.16. The van der Waals surface area contributed by atoms with E-state index in [1.165, 1.54) is 18.2 Å². The van der Waals surface area contributed by atoms with Crippen molar-refractivity contribution in [2.75, 3.05) is 13.7 Å². The number of phenolic OH excluding ortho intramolecular Hbond substituents is 2. The van der Waals surface area contributed by atoms with Crippen LogP contribution in [0.2, 0.25) is 0 Å². The highest BCUT2D eigenvalue weighted by atomic mass is 16.5. The number of aldehydes is 2. The van der Waals surface area contributed by atoms with Crippen LogP contribution in [0.3, 0.4) is 0 Å². The van der Waals surface area contributed by atoms with E-state index in [-0.39, 0.29) is 36.5 Å². The molecule has 0 radical (unpaired) electrons. The smallest absolute Gasteiger partial charge is 0.316 e. The monoisotopic (exact) mass is 378 g/mol. The Morgan fingerprint density at radius 2 is 1.89 bits per heavy atom. The third-order valence-electron chi connectivity index (χ3n) is 4.03. The molecule has 2 N–H and O–H groups in total. The Morgan fingerprint density at radius 3 is 2.41 bits per heavy atom. The molecule has 146 valence electrons. The van der Waals surface area contributed by atoms with E-state index in [1.807, 2.05) is 0 Å². The molecule has 1 rings (SSSR count). The number of allylic oxidation sites excluding steroid dienone is 2. The van der Waals surface area contributed by atoms with Crippen molar-refractivity contribution in [3.8, 4) is 11.5 Å². The van der Waals surface area contributed by atoms with Gasteiger partial charge < -0.3 is 24.5 Å². The van der Waals surface area contributed by atoms with Crippen LogP contribution in [-0.4, -0.2) is 48.4 Å². The summed E-state index contributed by atoms with van der Waals surface area (Å²) in [5.41, 5.74) is 0.759. The van der Waals surface area contributed by atoms with Crippen molar-refractivity contribution < 1.29 is 38.9 Å². The molecular weight excluding hydrogens is 356 g/mol. The van der Waals surface area contributed by atoms with E-state index in [0.29, 0.717) is 18.1 Å². The van der Waals surface area contributed by atoms with Gasteiger partial charge in [-0.05, 0) is 30.2 Å². The number of phenols is 2. The number of hydrogen-bond donors (Lipinski definition) is 2. The van der Waals surface area contributed by atoms with Crippen LogP contribution in [0.15, 0.2) is 29.8 Å². The summed E-state index contributed by atoms with van der Waals surface area (Å²) in [6.07, 6.45) is 2.18. The highest BCUT2D eigenvalue weighted by Gasteiger charge is 2.33. The summed E-state index contributed by atoms with van der Waals surface area (Å²) in [5, 5.41) is 18.7. The highest BCUT2D eigenvalue weighted by molar-refractivity contribution is 5.91. The zero-order valence-corrected chi connectivity index (χ0v) is 15.1. The molecule has 0 saturated carbocycles. The molecule has 8 nitrogen and oxygen atoms in total. The largest absolute Gasteiger partial charge is 0.504 e. The Morgan fingerprint density at radius 1 is 1.19 bits per heavy atom. The van der Waals surface area contributed by atoms with E-state index in [1.54, 1.807) is 13.0 Å². The van der Waals surface area contributed by atoms with Gasteiger partial charge >= 0.3 is 11.9 Å². The lowest BCUT2D eigenvalue weighted by Crippen LogP contribution is -2.30. The van der Waals surface area contributed by atoms with E-state index in [4.69, 9.17) is 4.74 Å². The summed E-state index contributed by atoms with van der Waals surface area (Å²) in [6, 6.07) is 4.22. The zero-order chi connectivity index (χ0) is 20.4. The Bertz CT molecular complexity index is 722. The van der Waals surface area contributed by atoms with Crippen LogP contribution in [0.1, 0.15) is 18.9 Å². The summed E-state index contributed by atoms with van der Waals surface area (Å²) in [7, 11) is 1.11. The van der Waals surface area contributed by atoms with Crippen molar-refractivity contribution in [3.05, 3.63) is 35.4 Å². The van der Waals surface area contributed by atoms with Gasteiger partial charge in [0, 0.05) is 12.3 Å². The third kappa shape index (κ3) is 6.25. The molecule has 0 amide bonds. The molecular formula is C19H22O8. The molecule has 0 bridgehead atoms. The molecule has 2 atom stereocenters. The number of carbonyl (C=O) groups excluding carboxylic acids is 4. The molecule has 0 aliphatic carbocycles. The highest BCUT2D eigenvalue weighted by Crippen LogP contribution is 2.26. The van der Waals surface area contributed by atoms with E-state index in [9.17, 15) is 29.4 Å². The van der Waals surface area contributed by atoms with Gasteiger partial charge in [0.15, 0.2) is 11.5 Å². The van der Waals surface area contributed by atoms with Gasteiger partial charge in [-0.1, -0.05) is 12.1 Å². The molecule has 0 saturated heterocycles. The number of benzene rings is 1. The van der Waals surface area contributed by atoms with E-state index >= 15 is 0 Å². The fraction of sp³-hybridized carbons (Fsp3) is 0.368. The molecule has 0 unspecified atom stereocenters. The van der Waals surface area contributed by atoms with E-state index in [0.717, 1.165) is 7.11 Å². The summed E-state index contributed by atoms with van der Waals surface area (Å²) >= 11 is 0. The van der Waals surface area contributed by atoms with Crippen molar-refractivity contribution in [2.45, 2.75) is 19.8 Å². The summed E-state index contributed by atoms with van der Waals surface area (Å²) in [6.45, 7) is 1.53. The van der Waals surface area contributed by atoms with Crippen molar-refractivity contribution >= 4 is 24.5 Å². The van der Waals surface area contributed by atoms with Gasteiger partial charge in [0.2, 0.25) is 0 Å². The molecule has 0 heterocycles. The molecule has 8 heteroatoms. The first kappa shape index (κ1) is 21.9. The maximum Gasteiger partial charge on any atom is 0.316 e. The standard InChI is InChI=1S/C19H22O8/c1-3-13(10-20)14(15(11-21)19(25)26-2)9-18(24)27-7-6-12-4-5-16(22)17(23)8-12/h3-5,8,10-11,14-15,22-23H,6-7,9H2,1-2H3/t14-,15+/m1/s1. The molecule has 1 aromatic carbocycles. The third-order valence-corrected chi connectivity index (χ3v) is 4.03. The van der Waals surface area contributed by atoms with Crippen molar-refractivity contribution in [3.63, 3.8) is 0 Å². The second-order valence-electron chi connectivity index (χ2n) is 5.70. The van der Waals surface area contributed by atoms with E-state index < -0.39 is 23.8 Å². The number of hydrogen-bond acceptors (Lipinski definition) is 8. The first-order valence-electron chi connectivity index (χ1n) is 8.18. The van der Waals surface area contributed by atoms with Gasteiger partial charge in [-0.15, -0.1) is 0 Å². The SMILES string of the molecule is CC=C(C=O)[C@@H](CC(=O)OCCc1ccc(O)c(O)c1)[C@H](C=O)C(=O)OC.